The Morgan fingerprint density at radius 1 is 1.12 bits per heavy atom. The molecule has 0 spiro atoms. The molecular formula is C24H23BrN4O4S. The van der Waals surface area contributed by atoms with Crippen LogP contribution in [0, 0.1) is 11.3 Å². The SMILES string of the molecule is COc1cc(/C=C2/C(=N)N3N=C(C(C)C)SC3=NC2=O)ccc1OCCOc1ccc(Br)cc1. The van der Waals surface area contributed by atoms with Gasteiger partial charge < -0.3 is 14.2 Å². The van der Waals surface area contributed by atoms with E-state index in [0.717, 1.165) is 15.3 Å². The molecule has 4 rings (SSSR count). The maximum absolute atomic E-state index is 12.6. The first kappa shape index (κ1) is 24.0. The molecule has 0 atom stereocenters. The van der Waals surface area contributed by atoms with Crippen molar-refractivity contribution in [3.05, 3.63) is 58.1 Å². The summed E-state index contributed by atoms with van der Waals surface area (Å²) in [4.78, 5) is 16.7. The lowest BCUT2D eigenvalue weighted by Crippen LogP contribution is -2.35. The number of nitrogens with zero attached hydrogens (tertiary/aromatic N) is 3. The lowest BCUT2D eigenvalue weighted by atomic mass is 10.1. The van der Waals surface area contributed by atoms with Gasteiger partial charge in [0.05, 0.1) is 12.7 Å². The number of fused-ring (bicyclic) bond motifs is 1. The second kappa shape index (κ2) is 10.4. The fraction of sp³-hybridized carbons (Fsp3) is 0.250. The minimum Gasteiger partial charge on any atom is -0.493 e. The summed E-state index contributed by atoms with van der Waals surface area (Å²) in [7, 11) is 1.55. The van der Waals surface area contributed by atoms with Crippen LogP contribution in [0.3, 0.4) is 0 Å². The highest BCUT2D eigenvalue weighted by atomic mass is 79.9. The number of nitrogens with one attached hydrogen (secondary N) is 1. The summed E-state index contributed by atoms with van der Waals surface area (Å²) in [6, 6.07) is 12.9. The van der Waals surface area contributed by atoms with Gasteiger partial charge >= 0.3 is 0 Å². The first-order chi connectivity index (χ1) is 16.4. The van der Waals surface area contributed by atoms with E-state index in [9.17, 15) is 4.79 Å². The van der Waals surface area contributed by atoms with Gasteiger partial charge in [0.2, 0.25) is 5.17 Å². The van der Waals surface area contributed by atoms with E-state index in [1.807, 2.05) is 38.1 Å². The maximum Gasteiger partial charge on any atom is 0.283 e. The Morgan fingerprint density at radius 3 is 2.56 bits per heavy atom. The second-order valence-electron chi connectivity index (χ2n) is 7.67. The number of carbonyl (C=O) groups excluding carboxylic acids is 1. The van der Waals surface area contributed by atoms with E-state index in [1.54, 1.807) is 31.4 Å². The van der Waals surface area contributed by atoms with Gasteiger partial charge in [-0.05, 0) is 59.8 Å². The van der Waals surface area contributed by atoms with Gasteiger partial charge in [0, 0.05) is 10.4 Å². The molecule has 0 aliphatic carbocycles. The van der Waals surface area contributed by atoms with Crippen LogP contribution in [0.2, 0.25) is 0 Å². The number of amidine groups is 2. The summed E-state index contributed by atoms with van der Waals surface area (Å²) in [5.74, 6) is 1.54. The molecule has 0 saturated heterocycles. The molecule has 8 nitrogen and oxygen atoms in total. The van der Waals surface area contributed by atoms with Gasteiger partial charge in [0.25, 0.3) is 5.91 Å². The van der Waals surface area contributed by atoms with Crippen LogP contribution in [0.5, 0.6) is 17.2 Å². The van der Waals surface area contributed by atoms with Crippen molar-refractivity contribution in [3.8, 4) is 17.2 Å². The Bertz CT molecular complexity index is 1210. The van der Waals surface area contributed by atoms with Crippen molar-refractivity contribution in [1.29, 1.82) is 5.41 Å². The number of aliphatic imine (C=N–C) groups is 1. The van der Waals surface area contributed by atoms with Crippen molar-refractivity contribution < 1.29 is 19.0 Å². The smallest absolute Gasteiger partial charge is 0.283 e. The van der Waals surface area contributed by atoms with E-state index in [-0.39, 0.29) is 17.3 Å². The van der Waals surface area contributed by atoms with Crippen LogP contribution in [-0.4, -0.2) is 47.3 Å². The van der Waals surface area contributed by atoms with E-state index >= 15 is 0 Å². The van der Waals surface area contributed by atoms with Crippen molar-refractivity contribution in [2.24, 2.45) is 16.0 Å². The lowest BCUT2D eigenvalue weighted by molar-refractivity contribution is -0.114. The minimum absolute atomic E-state index is 0.00235. The standard InChI is InChI=1S/C24H23BrN4O4S/c1-14(2)23-28-29-21(26)18(22(30)27-24(29)34-23)12-15-4-9-19(20(13-15)31-3)33-11-10-32-17-7-5-16(25)6-8-17/h4-9,12-14,26H,10-11H2,1-3H3/b18-12-,26-21?. The van der Waals surface area contributed by atoms with Crippen molar-refractivity contribution in [3.63, 3.8) is 0 Å². The maximum atomic E-state index is 12.6. The highest BCUT2D eigenvalue weighted by Crippen LogP contribution is 2.32. The molecule has 2 heterocycles. The molecule has 1 amide bonds. The summed E-state index contributed by atoms with van der Waals surface area (Å²) >= 11 is 4.72. The summed E-state index contributed by atoms with van der Waals surface area (Å²) in [5, 5.41) is 15.6. The second-order valence-corrected chi connectivity index (χ2v) is 9.58. The molecule has 2 aromatic rings. The van der Waals surface area contributed by atoms with Crippen molar-refractivity contribution >= 4 is 55.7 Å². The fourth-order valence-corrected chi connectivity index (χ4v) is 4.30. The Balaban J connectivity index is 1.44. The number of hydrazone groups is 1. The molecule has 0 radical (unpaired) electrons. The molecule has 10 heteroatoms. The number of hydrogen-bond acceptors (Lipinski definition) is 7. The van der Waals surface area contributed by atoms with Crippen LogP contribution in [0.25, 0.3) is 6.08 Å². The molecule has 0 unspecified atom stereocenters. The highest BCUT2D eigenvalue weighted by Gasteiger charge is 2.36. The Kier molecular flexibility index (Phi) is 7.38. The fourth-order valence-electron chi connectivity index (χ4n) is 3.14. The molecule has 2 aromatic carbocycles. The van der Waals surface area contributed by atoms with Crippen molar-refractivity contribution in [1.82, 2.24) is 5.01 Å². The van der Waals surface area contributed by atoms with Crippen LogP contribution < -0.4 is 14.2 Å². The molecule has 0 aromatic heterocycles. The molecule has 2 aliphatic rings. The van der Waals surface area contributed by atoms with E-state index in [0.29, 0.717) is 35.4 Å². The van der Waals surface area contributed by atoms with Gasteiger partial charge in [-0.25, -0.2) is 0 Å². The van der Waals surface area contributed by atoms with Crippen molar-refractivity contribution in [2.75, 3.05) is 20.3 Å². The van der Waals surface area contributed by atoms with E-state index in [1.165, 1.54) is 16.8 Å². The summed E-state index contributed by atoms with van der Waals surface area (Å²) in [6.07, 6.45) is 1.61. The first-order valence-corrected chi connectivity index (χ1v) is 12.2. The van der Waals surface area contributed by atoms with Gasteiger partial charge in [-0.3, -0.25) is 10.2 Å². The zero-order valence-electron chi connectivity index (χ0n) is 18.9. The van der Waals surface area contributed by atoms with Gasteiger partial charge in [-0.2, -0.15) is 15.1 Å². The van der Waals surface area contributed by atoms with Crippen LogP contribution in [0.1, 0.15) is 19.4 Å². The summed E-state index contributed by atoms with van der Waals surface area (Å²) in [6.45, 7) is 4.72. The zero-order valence-corrected chi connectivity index (χ0v) is 21.3. The van der Waals surface area contributed by atoms with Crippen LogP contribution in [0.4, 0.5) is 0 Å². The number of benzene rings is 2. The van der Waals surface area contributed by atoms with E-state index in [2.05, 4.69) is 26.0 Å². The Morgan fingerprint density at radius 2 is 1.85 bits per heavy atom. The van der Waals surface area contributed by atoms with Crippen molar-refractivity contribution in [2.45, 2.75) is 13.8 Å². The highest BCUT2D eigenvalue weighted by molar-refractivity contribution is 9.10. The Labute approximate surface area is 210 Å². The number of carbonyl (C=O) groups is 1. The monoisotopic (exact) mass is 542 g/mol. The average molecular weight is 543 g/mol. The molecule has 0 fully saturated rings. The summed E-state index contributed by atoms with van der Waals surface area (Å²) < 4.78 is 17.9. The number of rotatable bonds is 8. The number of methoxy groups -OCH3 is 1. The largest absolute Gasteiger partial charge is 0.493 e. The molecule has 0 bridgehead atoms. The van der Waals surface area contributed by atoms with Crippen LogP contribution in [0.15, 0.2) is 62.6 Å². The van der Waals surface area contributed by atoms with Gasteiger partial charge in [0.15, 0.2) is 17.3 Å². The number of ether oxygens (including phenoxy) is 3. The third kappa shape index (κ3) is 5.34. The predicted molar refractivity (Wildman–Crippen MR) is 138 cm³/mol. The molecule has 2 aliphatic heterocycles. The third-order valence-corrected chi connectivity index (χ3v) is 6.62. The third-order valence-electron chi connectivity index (χ3n) is 4.89. The van der Waals surface area contributed by atoms with E-state index in [4.69, 9.17) is 19.6 Å². The number of thioether (sulfide) groups is 1. The molecular weight excluding hydrogens is 520 g/mol. The predicted octanol–water partition coefficient (Wildman–Crippen LogP) is 5.19. The molecule has 176 valence electrons. The van der Waals surface area contributed by atoms with Gasteiger partial charge in [-0.1, -0.05) is 35.8 Å². The lowest BCUT2D eigenvalue weighted by Gasteiger charge is -2.20. The molecule has 34 heavy (non-hydrogen) atoms. The average Bonchev–Trinajstić information content (AvgIpc) is 3.25. The quantitative estimate of drug-likeness (QED) is 0.364. The van der Waals surface area contributed by atoms with Gasteiger partial charge in [-0.15, -0.1) is 0 Å². The molecule has 1 N–H and O–H groups in total. The number of halogens is 1. The van der Waals surface area contributed by atoms with Crippen LogP contribution >= 0.6 is 27.7 Å². The zero-order chi connectivity index (χ0) is 24.2. The molecule has 0 saturated carbocycles. The topological polar surface area (TPSA) is 96.6 Å². The van der Waals surface area contributed by atoms with Crippen LogP contribution in [-0.2, 0) is 4.79 Å². The summed E-state index contributed by atoms with van der Waals surface area (Å²) in [5.41, 5.74) is 0.846. The van der Waals surface area contributed by atoms with E-state index < -0.39 is 5.91 Å². The normalized spacial score (nSPS) is 16.5. The number of hydrogen-bond donors (Lipinski definition) is 1. The first-order valence-electron chi connectivity index (χ1n) is 10.5. The van der Waals surface area contributed by atoms with Gasteiger partial charge in [0.1, 0.15) is 24.0 Å². The number of amides is 1. The Hall–Kier alpha value is -3.11. The minimum atomic E-state index is -0.465.